The van der Waals surface area contributed by atoms with Gasteiger partial charge in [-0.2, -0.15) is 5.10 Å². The summed E-state index contributed by atoms with van der Waals surface area (Å²) >= 11 is 23.8. The molecule has 0 aliphatic rings. The van der Waals surface area contributed by atoms with Crippen LogP contribution in [0.1, 0.15) is 28.4 Å². The lowest BCUT2D eigenvalue weighted by Gasteiger charge is -2.13. The van der Waals surface area contributed by atoms with E-state index >= 15 is 0 Å². The van der Waals surface area contributed by atoms with Crippen LogP contribution in [0.15, 0.2) is 59.7 Å². The second kappa shape index (κ2) is 11.4. The summed E-state index contributed by atoms with van der Waals surface area (Å²) in [5.74, 6) is 0.702. The van der Waals surface area contributed by atoms with E-state index in [1.165, 1.54) is 12.3 Å². The van der Waals surface area contributed by atoms with Crippen LogP contribution in [0.2, 0.25) is 20.1 Å². The van der Waals surface area contributed by atoms with Crippen molar-refractivity contribution >= 4 is 58.5 Å². The first-order chi connectivity index (χ1) is 15.4. The molecule has 3 aromatic carbocycles. The predicted octanol–water partition coefficient (Wildman–Crippen LogP) is 7.04. The second-order valence-corrected chi connectivity index (χ2v) is 8.13. The quantitative estimate of drug-likeness (QED) is 0.260. The lowest BCUT2D eigenvalue weighted by molar-refractivity contribution is 0.0955. The Morgan fingerprint density at radius 1 is 0.875 bits per heavy atom. The van der Waals surface area contributed by atoms with Gasteiger partial charge in [-0.15, -0.1) is 0 Å². The molecule has 0 saturated carbocycles. The van der Waals surface area contributed by atoms with Gasteiger partial charge in [0.2, 0.25) is 0 Å². The van der Waals surface area contributed by atoms with Crippen molar-refractivity contribution in [1.82, 2.24) is 5.43 Å². The third kappa shape index (κ3) is 6.53. The fraction of sp³-hybridized carbons (Fsp3) is 0.130. The first kappa shape index (κ1) is 24.2. The highest BCUT2D eigenvalue weighted by atomic mass is 35.5. The number of benzene rings is 3. The number of hydrogen-bond donors (Lipinski definition) is 1. The lowest BCUT2D eigenvalue weighted by Crippen LogP contribution is -2.17. The van der Waals surface area contributed by atoms with E-state index < -0.39 is 5.91 Å². The normalized spacial score (nSPS) is 10.9. The molecule has 0 saturated heterocycles. The van der Waals surface area contributed by atoms with E-state index in [-0.39, 0.29) is 0 Å². The molecule has 0 atom stereocenters. The smallest absolute Gasteiger partial charge is 0.271 e. The van der Waals surface area contributed by atoms with E-state index in [2.05, 4.69) is 10.5 Å². The van der Waals surface area contributed by atoms with Crippen LogP contribution in [0.3, 0.4) is 0 Å². The molecule has 0 aliphatic carbocycles. The van der Waals surface area contributed by atoms with Crippen LogP contribution in [0.25, 0.3) is 0 Å². The number of carbonyl (C=O) groups excluding carboxylic acids is 1. The number of hydrogen-bond acceptors (Lipinski definition) is 4. The number of nitrogens with zero attached hydrogens (tertiary/aromatic N) is 1. The Balaban J connectivity index is 1.66. The fourth-order valence-electron chi connectivity index (χ4n) is 2.65. The minimum absolute atomic E-state index is 0.293. The fourth-order valence-corrected chi connectivity index (χ4v) is 3.27. The van der Waals surface area contributed by atoms with Crippen LogP contribution in [-0.2, 0) is 6.61 Å². The Kier molecular flexibility index (Phi) is 8.65. The Morgan fingerprint density at radius 2 is 1.59 bits per heavy atom. The van der Waals surface area contributed by atoms with E-state index in [0.717, 1.165) is 5.56 Å². The Bertz CT molecular complexity index is 1150. The summed E-state index contributed by atoms with van der Waals surface area (Å²) in [5, 5.41) is 5.60. The van der Waals surface area contributed by atoms with Crippen molar-refractivity contribution in [1.29, 1.82) is 0 Å². The topological polar surface area (TPSA) is 59.9 Å². The molecule has 32 heavy (non-hydrogen) atoms. The van der Waals surface area contributed by atoms with Gasteiger partial charge >= 0.3 is 0 Å². The van der Waals surface area contributed by atoms with Crippen molar-refractivity contribution in [3.63, 3.8) is 0 Å². The molecule has 3 aromatic rings. The van der Waals surface area contributed by atoms with Crippen LogP contribution in [0.5, 0.6) is 11.5 Å². The summed E-state index contributed by atoms with van der Waals surface area (Å²) < 4.78 is 11.6. The standard InChI is InChI=1S/C23H18Cl4N2O3/c1-2-31-22-10-14(12-28-29-23(30)16-5-7-18(25)20(27)11-16)4-8-21(22)32-13-15-3-6-17(24)19(26)9-15/h3-12H,2,13H2,1H3,(H,29,30)/b28-12-. The van der Waals surface area contributed by atoms with E-state index in [0.29, 0.717) is 55.9 Å². The minimum Gasteiger partial charge on any atom is -0.490 e. The monoisotopic (exact) mass is 510 g/mol. The molecule has 0 unspecified atom stereocenters. The molecule has 0 aromatic heterocycles. The number of carbonyl (C=O) groups is 1. The lowest BCUT2D eigenvalue weighted by atomic mass is 10.2. The highest BCUT2D eigenvalue weighted by Gasteiger charge is 2.09. The number of halogens is 4. The van der Waals surface area contributed by atoms with Gasteiger partial charge < -0.3 is 9.47 Å². The van der Waals surface area contributed by atoms with E-state index in [9.17, 15) is 4.79 Å². The van der Waals surface area contributed by atoms with Crippen molar-refractivity contribution in [3.05, 3.63) is 91.4 Å². The van der Waals surface area contributed by atoms with Gasteiger partial charge in [0.25, 0.3) is 5.91 Å². The van der Waals surface area contributed by atoms with Gasteiger partial charge in [0.05, 0.1) is 32.9 Å². The molecule has 0 heterocycles. The van der Waals surface area contributed by atoms with Crippen molar-refractivity contribution in [2.45, 2.75) is 13.5 Å². The summed E-state index contributed by atoms with van der Waals surface area (Å²) in [6.45, 7) is 2.63. The van der Waals surface area contributed by atoms with Gasteiger partial charge in [-0.25, -0.2) is 5.43 Å². The highest BCUT2D eigenvalue weighted by molar-refractivity contribution is 6.42. The van der Waals surface area contributed by atoms with Crippen molar-refractivity contribution in [3.8, 4) is 11.5 Å². The third-order valence-corrected chi connectivity index (χ3v) is 5.69. The van der Waals surface area contributed by atoms with Crippen LogP contribution in [-0.4, -0.2) is 18.7 Å². The molecular formula is C23H18Cl4N2O3. The molecule has 9 heteroatoms. The third-order valence-electron chi connectivity index (χ3n) is 4.21. The predicted molar refractivity (Wildman–Crippen MR) is 130 cm³/mol. The SMILES string of the molecule is CCOc1cc(/C=N\NC(=O)c2ccc(Cl)c(Cl)c2)ccc1OCc1ccc(Cl)c(Cl)c1. The van der Waals surface area contributed by atoms with Crippen LogP contribution in [0.4, 0.5) is 0 Å². The minimum atomic E-state index is -0.411. The van der Waals surface area contributed by atoms with E-state index in [4.69, 9.17) is 55.9 Å². The molecule has 0 bridgehead atoms. The summed E-state index contributed by atoms with van der Waals surface area (Å²) in [4.78, 5) is 12.2. The highest BCUT2D eigenvalue weighted by Crippen LogP contribution is 2.30. The molecule has 0 aliphatic heterocycles. The summed E-state index contributed by atoms with van der Waals surface area (Å²) in [5.41, 5.74) is 4.38. The molecule has 3 rings (SSSR count). The van der Waals surface area contributed by atoms with Gasteiger partial charge in [-0.3, -0.25) is 4.79 Å². The van der Waals surface area contributed by atoms with Crippen molar-refractivity contribution in [2.24, 2.45) is 5.10 Å². The molecule has 0 spiro atoms. The van der Waals surface area contributed by atoms with E-state index in [1.54, 1.807) is 42.5 Å². The molecular weight excluding hydrogens is 494 g/mol. The zero-order valence-corrected chi connectivity index (χ0v) is 19.9. The largest absolute Gasteiger partial charge is 0.490 e. The van der Waals surface area contributed by atoms with Gasteiger partial charge in [-0.1, -0.05) is 52.5 Å². The van der Waals surface area contributed by atoms with Crippen LogP contribution in [0, 0.1) is 0 Å². The summed E-state index contributed by atoms with van der Waals surface area (Å²) in [7, 11) is 0. The van der Waals surface area contributed by atoms with Gasteiger partial charge in [0.15, 0.2) is 11.5 Å². The molecule has 166 valence electrons. The number of nitrogens with one attached hydrogen (secondary N) is 1. The zero-order valence-electron chi connectivity index (χ0n) is 16.9. The van der Waals surface area contributed by atoms with Gasteiger partial charge in [0, 0.05) is 5.56 Å². The number of ether oxygens (including phenoxy) is 2. The Labute approximate surface area is 205 Å². The summed E-state index contributed by atoms with van der Waals surface area (Å²) in [6.07, 6.45) is 1.50. The van der Waals surface area contributed by atoms with Gasteiger partial charge in [-0.05, 0) is 66.6 Å². The first-order valence-corrected chi connectivity index (χ1v) is 11.0. The van der Waals surface area contributed by atoms with Crippen molar-refractivity contribution < 1.29 is 14.3 Å². The van der Waals surface area contributed by atoms with Crippen LogP contribution < -0.4 is 14.9 Å². The molecule has 5 nitrogen and oxygen atoms in total. The van der Waals surface area contributed by atoms with E-state index in [1.807, 2.05) is 13.0 Å². The average Bonchev–Trinajstić information content (AvgIpc) is 2.77. The maximum absolute atomic E-state index is 12.2. The summed E-state index contributed by atoms with van der Waals surface area (Å²) in [6, 6.07) is 15.2. The molecule has 1 N–H and O–H groups in total. The molecule has 0 fully saturated rings. The second-order valence-electron chi connectivity index (χ2n) is 6.50. The maximum atomic E-state index is 12.2. The number of hydrazone groups is 1. The Morgan fingerprint density at radius 3 is 2.28 bits per heavy atom. The average molecular weight is 512 g/mol. The molecule has 1 amide bonds. The number of amides is 1. The number of rotatable bonds is 8. The van der Waals surface area contributed by atoms with Crippen molar-refractivity contribution in [2.75, 3.05) is 6.61 Å². The molecule has 0 radical (unpaired) electrons. The van der Waals surface area contributed by atoms with Gasteiger partial charge in [0.1, 0.15) is 6.61 Å². The van der Waals surface area contributed by atoms with Crippen LogP contribution >= 0.6 is 46.4 Å². The Hall–Kier alpha value is -2.44. The zero-order chi connectivity index (χ0) is 23.1. The first-order valence-electron chi connectivity index (χ1n) is 9.49. The maximum Gasteiger partial charge on any atom is 0.271 e.